The number of fused-ring (bicyclic) bond motifs is 2. The first kappa shape index (κ1) is 21.0. The van der Waals surface area contributed by atoms with Crippen LogP contribution in [0.3, 0.4) is 0 Å². The highest BCUT2D eigenvalue weighted by Gasteiger charge is 2.22. The van der Waals surface area contributed by atoms with Crippen LogP contribution in [-0.4, -0.2) is 15.0 Å². The molecule has 1 aromatic heterocycles. The average Bonchev–Trinajstić information content (AvgIpc) is 2.89. The first-order chi connectivity index (χ1) is 16.6. The van der Waals surface area contributed by atoms with Gasteiger partial charge >= 0.3 is 0 Å². The summed E-state index contributed by atoms with van der Waals surface area (Å²) in [5, 5.41) is 0. The monoisotopic (exact) mass is 571 g/mol. The molecule has 0 amide bonds. The molecule has 0 unspecified atom stereocenters. The van der Waals surface area contributed by atoms with Gasteiger partial charge in [0.2, 0.25) is 0 Å². The van der Waals surface area contributed by atoms with Crippen LogP contribution in [-0.2, 0) is 0 Å². The van der Waals surface area contributed by atoms with Gasteiger partial charge in [-0.2, -0.15) is 0 Å². The lowest BCUT2D eigenvalue weighted by Crippen LogP contribution is -2.02. The third kappa shape index (κ3) is 3.97. The Morgan fingerprint density at radius 3 is 1.41 bits per heavy atom. The molecular formula is C27H15Br2N3O2. The van der Waals surface area contributed by atoms with E-state index in [9.17, 15) is 0 Å². The number of hydrogen-bond donors (Lipinski definition) is 0. The van der Waals surface area contributed by atoms with Gasteiger partial charge in [0.15, 0.2) is 40.5 Å². The Balaban J connectivity index is 1.45. The molecule has 0 spiro atoms. The number of nitrogens with zero attached hydrogens (tertiary/aromatic N) is 3. The van der Waals surface area contributed by atoms with Gasteiger partial charge in [0, 0.05) is 37.8 Å². The van der Waals surface area contributed by atoms with Crippen molar-refractivity contribution in [1.29, 1.82) is 0 Å². The lowest BCUT2D eigenvalue weighted by Gasteiger charge is -2.21. The molecule has 0 N–H and O–H groups in total. The van der Waals surface area contributed by atoms with Crippen LogP contribution in [0.25, 0.3) is 34.2 Å². The second kappa shape index (κ2) is 8.66. The summed E-state index contributed by atoms with van der Waals surface area (Å²) in [6.07, 6.45) is 0. The fourth-order valence-electron chi connectivity index (χ4n) is 3.66. The zero-order valence-electron chi connectivity index (χ0n) is 17.6. The van der Waals surface area contributed by atoms with Crippen molar-refractivity contribution in [3.05, 3.63) is 99.9 Å². The Hall–Kier alpha value is -3.55. The number of hydrogen-bond acceptors (Lipinski definition) is 5. The van der Waals surface area contributed by atoms with Crippen LogP contribution in [0.1, 0.15) is 0 Å². The number of rotatable bonds is 3. The summed E-state index contributed by atoms with van der Waals surface area (Å²) in [5.74, 6) is 4.28. The molecule has 5 aromatic rings. The molecule has 0 fully saturated rings. The average molecular weight is 573 g/mol. The lowest BCUT2D eigenvalue weighted by atomic mass is 10.1. The molecule has 4 aromatic carbocycles. The lowest BCUT2D eigenvalue weighted by molar-refractivity contribution is 0.359. The second-order valence-electron chi connectivity index (χ2n) is 7.62. The largest absolute Gasteiger partial charge is 0.449 e. The zero-order valence-corrected chi connectivity index (χ0v) is 20.7. The molecule has 2 heterocycles. The summed E-state index contributed by atoms with van der Waals surface area (Å²) in [6, 6.07) is 29.2. The summed E-state index contributed by atoms with van der Waals surface area (Å²) in [5.41, 5.74) is 2.65. The van der Waals surface area contributed by atoms with E-state index < -0.39 is 0 Å². The molecule has 6 rings (SSSR count). The summed E-state index contributed by atoms with van der Waals surface area (Å²) in [4.78, 5) is 14.3. The highest BCUT2D eigenvalue weighted by Crippen LogP contribution is 2.48. The summed E-state index contributed by atoms with van der Waals surface area (Å²) >= 11 is 7.02. The number of aromatic nitrogens is 3. The topological polar surface area (TPSA) is 57.1 Å². The highest BCUT2D eigenvalue weighted by atomic mass is 79.9. The predicted octanol–water partition coefficient (Wildman–Crippen LogP) is 8.30. The van der Waals surface area contributed by atoms with Crippen molar-refractivity contribution in [3.63, 3.8) is 0 Å². The Morgan fingerprint density at radius 2 is 0.882 bits per heavy atom. The Labute approximate surface area is 212 Å². The molecule has 0 aliphatic carbocycles. The van der Waals surface area contributed by atoms with Crippen LogP contribution in [0.15, 0.2) is 99.9 Å². The van der Waals surface area contributed by atoms with Gasteiger partial charge in [0.25, 0.3) is 0 Å². The fourth-order valence-corrected chi connectivity index (χ4v) is 4.30. The Morgan fingerprint density at radius 1 is 0.441 bits per heavy atom. The molecule has 7 heteroatoms. The smallest absolute Gasteiger partial charge is 0.171 e. The number of ether oxygens (including phenoxy) is 2. The molecule has 1 aliphatic rings. The van der Waals surface area contributed by atoms with Crippen molar-refractivity contribution < 1.29 is 9.47 Å². The van der Waals surface area contributed by atoms with E-state index in [1.165, 1.54) is 0 Å². The van der Waals surface area contributed by atoms with Gasteiger partial charge in [-0.05, 0) is 50.1 Å². The fraction of sp³-hybridized carbons (Fsp3) is 0. The number of benzene rings is 4. The van der Waals surface area contributed by atoms with Gasteiger partial charge in [-0.15, -0.1) is 0 Å². The second-order valence-corrected chi connectivity index (χ2v) is 9.33. The van der Waals surface area contributed by atoms with Crippen LogP contribution >= 0.6 is 31.9 Å². The van der Waals surface area contributed by atoms with E-state index in [1.54, 1.807) is 0 Å². The first-order valence-electron chi connectivity index (χ1n) is 10.5. The van der Waals surface area contributed by atoms with Gasteiger partial charge < -0.3 is 9.47 Å². The Kier molecular flexibility index (Phi) is 5.36. The van der Waals surface area contributed by atoms with Crippen LogP contribution in [0.2, 0.25) is 0 Å². The zero-order chi connectivity index (χ0) is 23.1. The summed E-state index contributed by atoms with van der Waals surface area (Å²) in [6.45, 7) is 0. The molecular weight excluding hydrogens is 558 g/mol. The maximum absolute atomic E-state index is 6.16. The highest BCUT2D eigenvalue weighted by molar-refractivity contribution is 9.13. The van der Waals surface area contributed by atoms with Crippen molar-refractivity contribution in [2.75, 3.05) is 0 Å². The van der Waals surface area contributed by atoms with Crippen LogP contribution < -0.4 is 9.47 Å². The van der Waals surface area contributed by atoms with E-state index in [0.29, 0.717) is 40.5 Å². The minimum absolute atomic E-state index is 0.557. The van der Waals surface area contributed by atoms with Crippen LogP contribution in [0.5, 0.6) is 23.0 Å². The molecule has 0 radical (unpaired) electrons. The third-order valence-electron chi connectivity index (χ3n) is 5.33. The standard InChI is InChI=1S/C27H15Br2N3O2/c28-19-14-23-24(15-20(19)29)34-22-13-18(11-12-21(22)33-23)27-31-25(16-7-3-1-4-8-16)30-26(32-27)17-9-5-2-6-10-17/h1-15H. The summed E-state index contributed by atoms with van der Waals surface area (Å²) in [7, 11) is 0. The van der Waals surface area contributed by atoms with Crippen molar-refractivity contribution >= 4 is 31.9 Å². The normalized spacial score (nSPS) is 11.7. The minimum Gasteiger partial charge on any atom is -0.449 e. The number of halogens is 2. The van der Waals surface area contributed by atoms with Gasteiger partial charge in [0.05, 0.1) is 0 Å². The van der Waals surface area contributed by atoms with E-state index in [-0.39, 0.29) is 0 Å². The van der Waals surface area contributed by atoms with E-state index in [4.69, 9.17) is 24.4 Å². The van der Waals surface area contributed by atoms with Crippen LogP contribution in [0, 0.1) is 0 Å². The molecule has 164 valence electrons. The van der Waals surface area contributed by atoms with Crippen molar-refractivity contribution in [1.82, 2.24) is 15.0 Å². The maximum Gasteiger partial charge on any atom is 0.171 e. The molecule has 34 heavy (non-hydrogen) atoms. The molecule has 5 nitrogen and oxygen atoms in total. The van der Waals surface area contributed by atoms with Gasteiger partial charge in [0.1, 0.15) is 0 Å². The van der Waals surface area contributed by atoms with Gasteiger partial charge in [-0.1, -0.05) is 60.7 Å². The molecule has 0 bridgehead atoms. The van der Waals surface area contributed by atoms with Gasteiger partial charge in [-0.3, -0.25) is 0 Å². The van der Waals surface area contributed by atoms with E-state index in [2.05, 4.69) is 31.9 Å². The third-order valence-corrected chi connectivity index (χ3v) is 7.17. The molecule has 0 saturated carbocycles. The Bertz CT molecular complexity index is 1470. The van der Waals surface area contributed by atoms with Gasteiger partial charge in [-0.25, -0.2) is 15.0 Å². The van der Waals surface area contributed by atoms with Crippen molar-refractivity contribution in [3.8, 4) is 57.2 Å². The predicted molar refractivity (Wildman–Crippen MR) is 138 cm³/mol. The summed E-state index contributed by atoms with van der Waals surface area (Å²) < 4.78 is 14.0. The first-order valence-corrected chi connectivity index (χ1v) is 12.1. The van der Waals surface area contributed by atoms with E-state index in [0.717, 1.165) is 25.6 Å². The van der Waals surface area contributed by atoms with E-state index in [1.807, 2.05) is 91.0 Å². The van der Waals surface area contributed by atoms with Crippen molar-refractivity contribution in [2.24, 2.45) is 0 Å². The van der Waals surface area contributed by atoms with E-state index >= 15 is 0 Å². The molecule has 1 aliphatic heterocycles. The minimum atomic E-state index is 0.557. The molecule has 0 saturated heterocycles. The van der Waals surface area contributed by atoms with Crippen molar-refractivity contribution in [2.45, 2.75) is 0 Å². The maximum atomic E-state index is 6.16. The quantitative estimate of drug-likeness (QED) is 0.213. The molecule has 0 atom stereocenters. The SMILES string of the molecule is Brc1cc2c(cc1Br)Oc1cc(-c3nc(-c4ccccc4)nc(-c4ccccc4)n3)ccc1O2. The van der Waals surface area contributed by atoms with Crippen LogP contribution in [0.4, 0.5) is 0 Å².